The van der Waals surface area contributed by atoms with Gasteiger partial charge in [0.1, 0.15) is 0 Å². The molecule has 1 aromatic carbocycles. The average molecular weight is 352 g/mol. The van der Waals surface area contributed by atoms with Crippen molar-refractivity contribution in [2.24, 2.45) is 0 Å². The zero-order chi connectivity index (χ0) is 15.3. The molecule has 1 aromatic heterocycles. The van der Waals surface area contributed by atoms with E-state index in [2.05, 4.69) is 64.3 Å². The molecule has 0 aliphatic carbocycles. The van der Waals surface area contributed by atoms with Crippen molar-refractivity contribution < 1.29 is 4.42 Å². The maximum absolute atomic E-state index is 5.69. The van der Waals surface area contributed by atoms with Crippen molar-refractivity contribution in [1.82, 2.24) is 15.5 Å². The molecule has 0 radical (unpaired) electrons. The standard InChI is InChI=1S/C16H22BrN3O/c1-16(2,3)18-9-5-8-14-19-20-15(21-14)11-12-6-4-7-13(17)10-12/h4,6-7,10,18H,5,8-9,11H2,1-3H3. The van der Waals surface area contributed by atoms with Gasteiger partial charge in [0, 0.05) is 16.4 Å². The first-order chi connectivity index (χ1) is 9.92. The number of nitrogens with one attached hydrogen (secondary N) is 1. The number of aromatic nitrogens is 2. The molecule has 5 heteroatoms. The van der Waals surface area contributed by atoms with Gasteiger partial charge in [0.25, 0.3) is 0 Å². The van der Waals surface area contributed by atoms with Gasteiger partial charge in [-0.25, -0.2) is 0 Å². The lowest BCUT2D eigenvalue weighted by Gasteiger charge is -2.19. The van der Waals surface area contributed by atoms with Crippen molar-refractivity contribution in [3.8, 4) is 0 Å². The fourth-order valence-corrected chi connectivity index (χ4v) is 2.43. The molecule has 2 rings (SSSR count). The van der Waals surface area contributed by atoms with Gasteiger partial charge in [-0.2, -0.15) is 0 Å². The fraction of sp³-hybridized carbons (Fsp3) is 0.500. The van der Waals surface area contributed by atoms with Crippen LogP contribution in [-0.4, -0.2) is 22.3 Å². The van der Waals surface area contributed by atoms with Crippen LogP contribution in [0.3, 0.4) is 0 Å². The lowest BCUT2D eigenvalue weighted by Crippen LogP contribution is -2.36. The summed E-state index contributed by atoms with van der Waals surface area (Å²) in [4.78, 5) is 0. The van der Waals surface area contributed by atoms with Crippen LogP contribution in [-0.2, 0) is 12.8 Å². The summed E-state index contributed by atoms with van der Waals surface area (Å²) in [5.41, 5.74) is 1.31. The van der Waals surface area contributed by atoms with Crippen molar-refractivity contribution in [2.75, 3.05) is 6.54 Å². The quantitative estimate of drug-likeness (QED) is 0.805. The van der Waals surface area contributed by atoms with E-state index >= 15 is 0 Å². The number of benzene rings is 1. The highest BCUT2D eigenvalue weighted by Gasteiger charge is 2.10. The molecule has 114 valence electrons. The number of hydrogen-bond donors (Lipinski definition) is 1. The molecular formula is C16H22BrN3O. The minimum atomic E-state index is 0.153. The second-order valence-electron chi connectivity index (χ2n) is 6.18. The van der Waals surface area contributed by atoms with E-state index in [4.69, 9.17) is 4.42 Å². The van der Waals surface area contributed by atoms with Crippen LogP contribution in [0.25, 0.3) is 0 Å². The zero-order valence-corrected chi connectivity index (χ0v) is 14.4. The molecule has 0 saturated carbocycles. The molecule has 21 heavy (non-hydrogen) atoms. The van der Waals surface area contributed by atoms with Gasteiger partial charge in [-0.3, -0.25) is 0 Å². The number of rotatable bonds is 6. The summed E-state index contributed by atoms with van der Waals surface area (Å²) in [6.45, 7) is 7.44. The van der Waals surface area contributed by atoms with Crippen LogP contribution in [0.4, 0.5) is 0 Å². The van der Waals surface area contributed by atoms with E-state index in [1.165, 1.54) is 0 Å². The van der Waals surface area contributed by atoms with Crippen molar-refractivity contribution in [3.05, 3.63) is 46.1 Å². The van der Waals surface area contributed by atoms with Gasteiger partial charge in [0.2, 0.25) is 11.8 Å². The van der Waals surface area contributed by atoms with Crippen LogP contribution in [0.1, 0.15) is 44.5 Å². The maximum atomic E-state index is 5.69. The van der Waals surface area contributed by atoms with E-state index in [0.29, 0.717) is 12.3 Å². The minimum absolute atomic E-state index is 0.153. The van der Waals surface area contributed by atoms with Crippen molar-refractivity contribution >= 4 is 15.9 Å². The Morgan fingerprint density at radius 1 is 1.19 bits per heavy atom. The zero-order valence-electron chi connectivity index (χ0n) is 12.8. The number of aryl methyl sites for hydroxylation is 1. The molecule has 0 bridgehead atoms. The van der Waals surface area contributed by atoms with E-state index in [1.807, 2.05) is 12.1 Å². The summed E-state index contributed by atoms with van der Waals surface area (Å²) in [6, 6.07) is 8.14. The summed E-state index contributed by atoms with van der Waals surface area (Å²) in [7, 11) is 0. The smallest absolute Gasteiger partial charge is 0.220 e. The lowest BCUT2D eigenvalue weighted by atomic mass is 10.1. The van der Waals surface area contributed by atoms with Crippen LogP contribution in [0.15, 0.2) is 33.2 Å². The molecule has 0 atom stereocenters. The summed E-state index contributed by atoms with van der Waals surface area (Å²) >= 11 is 3.47. The predicted octanol–water partition coefficient (Wildman–Crippen LogP) is 3.74. The molecule has 4 nitrogen and oxygen atoms in total. The molecule has 0 aliphatic heterocycles. The Kier molecular flexibility index (Phi) is 5.53. The maximum Gasteiger partial charge on any atom is 0.220 e. The molecule has 1 N–H and O–H groups in total. The fourth-order valence-electron chi connectivity index (χ4n) is 1.99. The summed E-state index contributed by atoms with van der Waals surface area (Å²) in [6.07, 6.45) is 2.48. The van der Waals surface area contributed by atoms with Gasteiger partial charge in [0.15, 0.2) is 0 Å². The number of hydrogen-bond acceptors (Lipinski definition) is 4. The Bertz CT molecular complexity index is 575. The summed E-state index contributed by atoms with van der Waals surface area (Å²) < 4.78 is 6.76. The van der Waals surface area contributed by atoms with Gasteiger partial charge in [-0.15, -0.1) is 10.2 Å². The van der Waals surface area contributed by atoms with E-state index in [-0.39, 0.29) is 5.54 Å². The van der Waals surface area contributed by atoms with Gasteiger partial charge in [-0.05, 0) is 51.4 Å². The van der Waals surface area contributed by atoms with Crippen LogP contribution >= 0.6 is 15.9 Å². The van der Waals surface area contributed by atoms with Crippen molar-refractivity contribution in [2.45, 2.75) is 45.6 Å². The second-order valence-corrected chi connectivity index (χ2v) is 7.09. The van der Waals surface area contributed by atoms with Crippen LogP contribution in [0, 0.1) is 0 Å². The first-order valence-corrected chi connectivity index (χ1v) is 8.02. The topological polar surface area (TPSA) is 51.0 Å². The van der Waals surface area contributed by atoms with Gasteiger partial charge in [0.05, 0.1) is 6.42 Å². The number of nitrogens with zero attached hydrogens (tertiary/aromatic N) is 2. The first-order valence-electron chi connectivity index (χ1n) is 7.23. The molecule has 0 saturated heterocycles. The molecule has 1 heterocycles. The largest absolute Gasteiger partial charge is 0.425 e. The van der Waals surface area contributed by atoms with Gasteiger partial charge in [-0.1, -0.05) is 28.1 Å². The Balaban J connectivity index is 1.81. The van der Waals surface area contributed by atoms with E-state index in [0.717, 1.165) is 35.3 Å². The third kappa shape index (κ3) is 5.98. The molecule has 0 amide bonds. The van der Waals surface area contributed by atoms with Crippen molar-refractivity contribution in [3.63, 3.8) is 0 Å². The second kappa shape index (κ2) is 7.18. The van der Waals surface area contributed by atoms with Crippen LogP contribution in [0.2, 0.25) is 0 Å². The molecular weight excluding hydrogens is 330 g/mol. The van der Waals surface area contributed by atoms with E-state index in [1.54, 1.807) is 0 Å². The molecule has 2 aromatic rings. The van der Waals surface area contributed by atoms with Crippen LogP contribution < -0.4 is 5.32 Å². The highest BCUT2D eigenvalue weighted by molar-refractivity contribution is 9.10. The highest BCUT2D eigenvalue weighted by atomic mass is 79.9. The third-order valence-electron chi connectivity index (χ3n) is 2.98. The molecule has 0 fully saturated rings. The summed E-state index contributed by atoms with van der Waals surface area (Å²) in [5, 5.41) is 11.7. The monoisotopic (exact) mass is 351 g/mol. The average Bonchev–Trinajstić information content (AvgIpc) is 2.81. The predicted molar refractivity (Wildman–Crippen MR) is 87.3 cm³/mol. The Morgan fingerprint density at radius 2 is 1.95 bits per heavy atom. The Hall–Kier alpha value is -1.20. The van der Waals surface area contributed by atoms with E-state index < -0.39 is 0 Å². The molecule has 0 aliphatic rings. The third-order valence-corrected chi connectivity index (χ3v) is 3.47. The number of halogens is 1. The van der Waals surface area contributed by atoms with Crippen molar-refractivity contribution in [1.29, 1.82) is 0 Å². The highest BCUT2D eigenvalue weighted by Crippen LogP contribution is 2.15. The molecule has 0 spiro atoms. The van der Waals surface area contributed by atoms with Gasteiger partial charge >= 0.3 is 0 Å². The Labute approximate surface area is 134 Å². The first kappa shape index (κ1) is 16.2. The lowest BCUT2D eigenvalue weighted by molar-refractivity contribution is 0.406. The SMILES string of the molecule is CC(C)(C)NCCCc1nnc(Cc2cccc(Br)c2)o1. The minimum Gasteiger partial charge on any atom is -0.425 e. The van der Waals surface area contributed by atoms with Gasteiger partial charge < -0.3 is 9.73 Å². The molecule has 0 unspecified atom stereocenters. The normalized spacial score (nSPS) is 11.8. The summed E-state index contributed by atoms with van der Waals surface area (Å²) in [5.74, 6) is 1.39. The van der Waals surface area contributed by atoms with E-state index in [9.17, 15) is 0 Å². The Morgan fingerprint density at radius 3 is 2.67 bits per heavy atom. The van der Waals surface area contributed by atoms with Crippen LogP contribution in [0.5, 0.6) is 0 Å².